The summed E-state index contributed by atoms with van der Waals surface area (Å²) in [5, 5.41) is 1.19. The maximum absolute atomic E-state index is 6.18. The summed E-state index contributed by atoms with van der Waals surface area (Å²) in [7, 11) is 1.64. The van der Waals surface area contributed by atoms with Crippen molar-refractivity contribution >= 4 is 35.6 Å². The number of nitrogens with two attached hydrogens (primary N) is 1. The van der Waals surface area contributed by atoms with E-state index in [-0.39, 0.29) is 12.4 Å². The molecule has 1 aliphatic rings. The molecule has 90 valence electrons. The van der Waals surface area contributed by atoms with E-state index in [1.165, 1.54) is 0 Å². The molecule has 16 heavy (non-hydrogen) atoms. The second-order valence-electron chi connectivity index (χ2n) is 3.82. The molecule has 1 saturated carbocycles. The van der Waals surface area contributed by atoms with Crippen molar-refractivity contribution < 1.29 is 4.74 Å². The lowest BCUT2D eigenvalue weighted by Crippen LogP contribution is -2.03. The Morgan fingerprint density at radius 3 is 2.62 bits per heavy atom. The van der Waals surface area contributed by atoms with Crippen molar-refractivity contribution in [2.45, 2.75) is 12.3 Å². The van der Waals surface area contributed by atoms with Gasteiger partial charge in [-0.25, -0.2) is 0 Å². The Kier molecular flexibility index (Phi) is 4.74. The van der Waals surface area contributed by atoms with Crippen LogP contribution in [0.25, 0.3) is 0 Å². The number of methoxy groups -OCH3 is 1. The molecule has 0 saturated heterocycles. The SMILES string of the molecule is COc1ccc(Cl)c(Cl)c1C1CC1CN.Cl. The number of rotatable bonds is 3. The second-order valence-corrected chi connectivity index (χ2v) is 4.60. The molecule has 1 aliphatic carbocycles. The van der Waals surface area contributed by atoms with E-state index in [0.717, 1.165) is 17.7 Å². The van der Waals surface area contributed by atoms with Crippen molar-refractivity contribution in [3.05, 3.63) is 27.7 Å². The molecule has 0 spiro atoms. The summed E-state index contributed by atoms with van der Waals surface area (Å²) in [6.45, 7) is 0.691. The van der Waals surface area contributed by atoms with Crippen molar-refractivity contribution in [1.29, 1.82) is 0 Å². The van der Waals surface area contributed by atoms with Gasteiger partial charge in [-0.15, -0.1) is 12.4 Å². The summed E-state index contributed by atoms with van der Waals surface area (Å²) in [5.41, 5.74) is 6.64. The monoisotopic (exact) mass is 281 g/mol. The molecule has 0 radical (unpaired) electrons. The summed E-state index contributed by atoms with van der Waals surface area (Å²) in [4.78, 5) is 0. The quantitative estimate of drug-likeness (QED) is 0.921. The van der Waals surface area contributed by atoms with E-state index in [1.807, 2.05) is 6.07 Å². The van der Waals surface area contributed by atoms with Crippen molar-refractivity contribution in [2.75, 3.05) is 13.7 Å². The standard InChI is InChI=1S/C11H13Cl2NO.ClH/c1-15-9-3-2-8(12)11(13)10(9)7-4-6(7)5-14;/h2-3,6-7H,4-5,14H2,1H3;1H. The fourth-order valence-corrected chi connectivity index (χ4v) is 2.39. The van der Waals surface area contributed by atoms with Crippen LogP contribution in [0.4, 0.5) is 0 Å². The van der Waals surface area contributed by atoms with Crippen LogP contribution in [0, 0.1) is 5.92 Å². The lowest BCUT2D eigenvalue weighted by molar-refractivity contribution is 0.409. The first-order chi connectivity index (χ1) is 7.19. The van der Waals surface area contributed by atoms with Crippen LogP contribution in [0.5, 0.6) is 5.75 Å². The zero-order chi connectivity index (χ0) is 11.0. The molecular formula is C11H14Cl3NO. The number of hydrogen-bond donors (Lipinski definition) is 1. The van der Waals surface area contributed by atoms with Gasteiger partial charge in [-0.3, -0.25) is 0 Å². The fraction of sp³-hybridized carbons (Fsp3) is 0.455. The van der Waals surface area contributed by atoms with Gasteiger partial charge >= 0.3 is 0 Å². The van der Waals surface area contributed by atoms with Crippen LogP contribution in [0.15, 0.2) is 12.1 Å². The van der Waals surface area contributed by atoms with Gasteiger partial charge in [-0.05, 0) is 36.9 Å². The van der Waals surface area contributed by atoms with E-state index in [1.54, 1.807) is 13.2 Å². The average Bonchev–Trinajstić information content (AvgIpc) is 3.00. The zero-order valence-electron chi connectivity index (χ0n) is 8.87. The molecule has 1 aromatic carbocycles. The predicted octanol–water partition coefficient (Wildman–Crippen LogP) is 3.49. The third-order valence-electron chi connectivity index (χ3n) is 2.91. The van der Waals surface area contributed by atoms with Crippen molar-refractivity contribution in [3.8, 4) is 5.75 Å². The molecular weight excluding hydrogens is 268 g/mol. The van der Waals surface area contributed by atoms with Crippen LogP contribution in [0.3, 0.4) is 0 Å². The van der Waals surface area contributed by atoms with E-state index in [2.05, 4.69) is 0 Å². The molecule has 2 nitrogen and oxygen atoms in total. The Morgan fingerprint density at radius 2 is 2.12 bits per heavy atom. The molecule has 2 unspecified atom stereocenters. The highest BCUT2D eigenvalue weighted by molar-refractivity contribution is 6.42. The minimum atomic E-state index is 0. The van der Waals surface area contributed by atoms with Gasteiger partial charge in [-0.1, -0.05) is 23.2 Å². The van der Waals surface area contributed by atoms with Gasteiger partial charge in [0.15, 0.2) is 0 Å². The van der Waals surface area contributed by atoms with Crippen LogP contribution in [0.1, 0.15) is 17.9 Å². The molecule has 0 aliphatic heterocycles. The third kappa shape index (κ3) is 2.40. The zero-order valence-corrected chi connectivity index (χ0v) is 11.2. The maximum atomic E-state index is 6.18. The summed E-state index contributed by atoms with van der Waals surface area (Å²) >= 11 is 12.2. The minimum Gasteiger partial charge on any atom is -0.496 e. The molecule has 2 atom stereocenters. The Bertz CT molecular complexity index is 384. The van der Waals surface area contributed by atoms with Crippen molar-refractivity contribution in [2.24, 2.45) is 11.7 Å². The molecule has 0 heterocycles. The van der Waals surface area contributed by atoms with E-state index in [9.17, 15) is 0 Å². The minimum absolute atomic E-state index is 0. The van der Waals surface area contributed by atoms with Gasteiger partial charge in [-0.2, -0.15) is 0 Å². The predicted molar refractivity (Wildman–Crippen MR) is 70.2 cm³/mol. The maximum Gasteiger partial charge on any atom is 0.123 e. The summed E-state index contributed by atoms with van der Waals surface area (Å²) < 4.78 is 5.29. The highest BCUT2D eigenvalue weighted by Crippen LogP contribution is 2.53. The third-order valence-corrected chi connectivity index (χ3v) is 3.73. The topological polar surface area (TPSA) is 35.2 Å². The van der Waals surface area contributed by atoms with Gasteiger partial charge in [0.1, 0.15) is 5.75 Å². The molecule has 0 aromatic heterocycles. The first-order valence-corrected chi connectivity index (χ1v) is 5.66. The summed E-state index contributed by atoms with van der Waals surface area (Å²) in [6.07, 6.45) is 1.08. The fourth-order valence-electron chi connectivity index (χ4n) is 1.93. The average molecular weight is 283 g/mol. The van der Waals surface area contributed by atoms with Crippen molar-refractivity contribution in [3.63, 3.8) is 0 Å². The largest absolute Gasteiger partial charge is 0.496 e. The van der Waals surface area contributed by atoms with Gasteiger partial charge < -0.3 is 10.5 Å². The molecule has 5 heteroatoms. The first kappa shape index (κ1) is 13.9. The Balaban J connectivity index is 0.00000128. The van der Waals surface area contributed by atoms with Crippen molar-refractivity contribution in [1.82, 2.24) is 0 Å². The molecule has 2 rings (SSSR count). The van der Waals surface area contributed by atoms with E-state index >= 15 is 0 Å². The number of benzene rings is 1. The Labute approximate surface area is 111 Å². The van der Waals surface area contributed by atoms with E-state index < -0.39 is 0 Å². The molecule has 1 fully saturated rings. The van der Waals surface area contributed by atoms with Gasteiger partial charge in [0.2, 0.25) is 0 Å². The highest BCUT2D eigenvalue weighted by Gasteiger charge is 2.40. The lowest BCUT2D eigenvalue weighted by Gasteiger charge is -2.11. The van der Waals surface area contributed by atoms with Crippen LogP contribution in [0.2, 0.25) is 10.0 Å². The van der Waals surface area contributed by atoms with Crippen LogP contribution in [-0.4, -0.2) is 13.7 Å². The van der Waals surface area contributed by atoms with Crippen LogP contribution >= 0.6 is 35.6 Å². The van der Waals surface area contributed by atoms with Gasteiger partial charge in [0, 0.05) is 5.56 Å². The van der Waals surface area contributed by atoms with Crippen LogP contribution < -0.4 is 10.5 Å². The van der Waals surface area contributed by atoms with E-state index in [4.69, 9.17) is 33.7 Å². The molecule has 0 bridgehead atoms. The molecule has 1 aromatic rings. The summed E-state index contributed by atoms with van der Waals surface area (Å²) in [6, 6.07) is 3.61. The highest BCUT2D eigenvalue weighted by atomic mass is 35.5. The van der Waals surface area contributed by atoms with Crippen LogP contribution in [-0.2, 0) is 0 Å². The molecule has 0 amide bonds. The first-order valence-electron chi connectivity index (χ1n) is 4.91. The van der Waals surface area contributed by atoms with E-state index in [0.29, 0.717) is 28.4 Å². The summed E-state index contributed by atoms with van der Waals surface area (Å²) in [5.74, 6) is 1.75. The number of halogens is 3. The van der Waals surface area contributed by atoms with Gasteiger partial charge in [0.05, 0.1) is 17.2 Å². The second kappa shape index (κ2) is 5.46. The lowest BCUT2D eigenvalue weighted by atomic mass is 10.1. The molecule has 2 N–H and O–H groups in total. The normalized spacial score (nSPS) is 22.5. The number of ether oxygens (including phenoxy) is 1. The smallest absolute Gasteiger partial charge is 0.123 e. The van der Waals surface area contributed by atoms with Gasteiger partial charge in [0.25, 0.3) is 0 Å². The Morgan fingerprint density at radius 1 is 1.44 bits per heavy atom. The number of hydrogen-bond acceptors (Lipinski definition) is 2. The Hall–Kier alpha value is -0.150.